The van der Waals surface area contributed by atoms with Gasteiger partial charge >= 0.3 is 0 Å². The van der Waals surface area contributed by atoms with E-state index in [0.29, 0.717) is 6.10 Å². The molecule has 1 spiro atoms. The van der Waals surface area contributed by atoms with Gasteiger partial charge in [-0.1, -0.05) is 0 Å². The molecule has 1 unspecified atom stereocenters. The van der Waals surface area contributed by atoms with Crippen molar-refractivity contribution in [2.45, 2.75) is 49.9 Å². The molecule has 1 saturated carbocycles. The minimum absolute atomic E-state index is 0.140. The maximum Gasteiger partial charge on any atom is 0.125 e. The highest BCUT2D eigenvalue weighted by atomic mass is 19.1. The van der Waals surface area contributed by atoms with E-state index in [4.69, 9.17) is 15.2 Å². The van der Waals surface area contributed by atoms with Crippen LogP contribution in [0.3, 0.4) is 0 Å². The molecule has 3 nitrogen and oxygen atoms in total. The first-order valence-corrected chi connectivity index (χ1v) is 6.89. The molecule has 0 amide bonds. The lowest BCUT2D eigenvalue weighted by atomic mass is 9.76. The van der Waals surface area contributed by atoms with Gasteiger partial charge in [-0.15, -0.1) is 0 Å². The summed E-state index contributed by atoms with van der Waals surface area (Å²) in [6.45, 7) is 0. The van der Waals surface area contributed by atoms with Gasteiger partial charge in [0, 0.05) is 25.1 Å². The molecule has 0 bridgehead atoms. The van der Waals surface area contributed by atoms with Crippen molar-refractivity contribution >= 4 is 0 Å². The first kappa shape index (κ1) is 12.9. The molecular formula is C15H20FNO2. The molecule has 1 atom stereocenters. The molecule has 0 aromatic heterocycles. The average molecular weight is 265 g/mol. The molecule has 0 saturated heterocycles. The molecule has 104 valence electrons. The lowest BCUT2D eigenvalue weighted by molar-refractivity contribution is -0.0428. The second-order valence-electron chi connectivity index (χ2n) is 5.71. The second-order valence-corrected chi connectivity index (χ2v) is 5.71. The predicted octanol–water partition coefficient (Wildman–Crippen LogP) is 2.94. The van der Waals surface area contributed by atoms with E-state index < -0.39 is 0 Å². The molecule has 2 N–H and O–H groups in total. The van der Waals surface area contributed by atoms with Crippen molar-refractivity contribution in [2.24, 2.45) is 5.73 Å². The first-order valence-electron chi connectivity index (χ1n) is 6.89. The highest BCUT2D eigenvalue weighted by molar-refractivity contribution is 5.39. The summed E-state index contributed by atoms with van der Waals surface area (Å²) in [4.78, 5) is 0. The van der Waals surface area contributed by atoms with E-state index in [9.17, 15) is 4.39 Å². The van der Waals surface area contributed by atoms with Crippen LogP contribution in [0.15, 0.2) is 18.2 Å². The van der Waals surface area contributed by atoms with Gasteiger partial charge in [0.2, 0.25) is 0 Å². The summed E-state index contributed by atoms with van der Waals surface area (Å²) in [6.07, 6.45) is 5.01. The summed E-state index contributed by atoms with van der Waals surface area (Å²) >= 11 is 0. The zero-order valence-electron chi connectivity index (χ0n) is 11.2. The quantitative estimate of drug-likeness (QED) is 0.849. The smallest absolute Gasteiger partial charge is 0.125 e. The van der Waals surface area contributed by atoms with Crippen molar-refractivity contribution in [3.8, 4) is 5.75 Å². The van der Waals surface area contributed by atoms with Crippen LogP contribution in [0.25, 0.3) is 0 Å². The van der Waals surface area contributed by atoms with E-state index in [1.807, 2.05) is 0 Å². The molecule has 19 heavy (non-hydrogen) atoms. The molecule has 1 aromatic rings. The molecule has 1 aliphatic carbocycles. The SMILES string of the molecule is COC1CCC2(CC1)CC(N)c1cc(F)ccc1O2. The Morgan fingerprint density at radius 1 is 1.37 bits per heavy atom. The third-order valence-electron chi connectivity index (χ3n) is 4.47. The van der Waals surface area contributed by atoms with Gasteiger partial charge in [0.25, 0.3) is 0 Å². The highest BCUT2D eigenvalue weighted by Gasteiger charge is 2.42. The van der Waals surface area contributed by atoms with Gasteiger partial charge in [0.1, 0.15) is 17.2 Å². The Labute approximate surface area is 112 Å². The molecule has 1 heterocycles. The standard InChI is InChI=1S/C15H20FNO2/c1-18-11-4-6-15(7-5-11)9-13(17)12-8-10(16)2-3-14(12)19-15/h2-3,8,11,13H,4-7,9,17H2,1H3. The number of ether oxygens (including phenoxy) is 2. The number of hydrogen-bond acceptors (Lipinski definition) is 3. The Hall–Kier alpha value is -1.13. The summed E-state index contributed by atoms with van der Waals surface area (Å²) in [6, 6.07) is 4.49. The highest BCUT2D eigenvalue weighted by Crippen LogP contribution is 2.45. The van der Waals surface area contributed by atoms with Crippen LogP contribution < -0.4 is 10.5 Å². The van der Waals surface area contributed by atoms with Crippen molar-refractivity contribution in [1.82, 2.24) is 0 Å². The average Bonchev–Trinajstić information content (AvgIpc) is 2.41. The van der Waals surface area contributed by atoms with E-state index in [2.05, 4.69) is 0 Å². The van der Waals surface area contributed by atoms with Gasteiger partial charge in [0.05, 0.1) is 6.10 Å². The van der Waals surface area contributed by atoms with Crippen LogP contribution in [0.4, 0.5) is 4.39 Å². The van der Waals surface area contributed by atoms with Crippen LogP contribution in [-0.2, 0) is 4.74 Å². The Morgan fingerprint density at radius 2 is 2.11 bits per heavy atom. The molecule has 1 aliphatic heterocycles. The van der Waals surface area contributed by atoms with Crippen molar-refractivity contribution in [3.05, 3.63) is 29.6 Å². The zero-order valence-corrected chi connectivity index (χ0v) is 11.2. The number of benzene rings is 1. The van der Waals surface area contributed by atoms with Gasteiger partial charge in [-0.25, -0.2) is 4.39 Å². The molecule has 0 radical (unpaired) electrons. The molecule has 4 heteroatoms. The summed E-state index contributed by atoms with van der Waals surface area (Å²) in [5.41, 5.74) is 6.82. The summed E-state index contributed by atoms with van der Waals surface area (Å²) < 4.78 is 24.8. The van der Waals surface area contributed by atoms with Gasteiger partial charge < -0.3 is 15.2 Å². The van der Waals surface area contributed by atoms with E-state index in [0.717, 1.165) is 43.4 Å². The molecule has 1 fully saturated rings. The van der Waals surface area contributed by atoms with Crippen molar-refractivity contribution < 1.29 is 13.9 Å². The van der Waals surface area contributed by atoms with Crippen molar-refractivity contribution in [2.75, 3.05) is 7.11 Å². The lowest BCUT2D eigenvalue weighted by Crippen LogP contribution is -2.46. The summed E-state index contributed by atoms with van der Waals surface area (Å²) in [5, 5.41) is 0. The van der Waals surface area contributed by atoms with Gasteiger partial charge in [0.15, 0.2) is 0 Å². The number of methoxy groups -OCH3 is 1. The topological polar surface area (TPSA) is 44.5 Å². The fourth-order valence-electron chi connectivity index (χ4n) is 3.35. The molecule has 1 aromatic carbocycles. The molecular weight excluding hydrogens is 245 g/mol. The molecule has 3 rings (SSSR count). The maximum absolute atomic E-state index is 13.3. The fraction of sp³-hybridized carbons (Fsp3) is 0.600. The van der Waals surface area contributed by atoms with Gasteiger partial charge in [-0.3, -0.25) is 0 Å². The molecule has 2 aliphatic rings. The van der Waals surface area contributed by atoms with Crippen LogP contribution in [0, 0.1) is 5.82 Å². The normalized spacial score (nSPS) is 33.8. The Balaban J connectivity index is 1.83. The zero-order chi connectivity index (χ0) is 13.5. The minimum Gasteiger partial charge on any atom is -0.487 e. The minimum atomic E-state index is -0.253. The van der Waals surface area contributed by atoms with Gasteiger partial charge in [-0.05, 0) is 43.9 Å². The van der Waals surface area contributed by atoms with Crippen LogP contribution in [0.2, 0.25) is 0 Å². The van der Waals surface area contributed by atoms with Crippen molar-refractivity contribution in [3.63, 3.8) is 0 Å². The van der Waals surface area contributed by atoms with E-state index in [-0.39, 0.29) is 17.5 Å². The Kier molecular flexibility index (Phi) is 3.23. The maximum atomic E-state index is 13.3. The van der Waals surface area contributed by atoms with Crippen molar-refractivity contribution in [1.29, 1.82) is 0 Å². The van der Waals surface area contributed by atoms with E-state index in [1.165, 1.54) is 12.1 Å². The third kappa shape index (κ3) is 2.35. The lowest BCUT2D eigenvalue weighted by Gasteiger charge is -2.45. The van der Waals surface area contributed by atoms with E-state index in [1.54, 1.807) is 13.2 Å². The monoisotopic (exact) mass is 265 g/mol. The largest absolute Gasteiger partial charge is 0.487 e. The van der Waals surface area contributed by atoms with Gasteiger partial charge in [-0.2, -0.15) is 0 Å². The third-order valence-corrected chi connectivity index (χ3v) is 4.47. The van der Waals surface area contributed by atoms with E-state index >= 15 is 0 Å². The first-order chi connectivity index (χ1) is 9.12. The fourth-order valence-corrected chi connectivity index (χ4v) is 3.35. The summed E-state index contributed by atoms with van der Waals surface area (Å²) in [5.74, 6) is 0.493. The Morgan fingerprint density at radius 3 is 2.79 bits per heavy atom. The van der Waals surface area contributed by atoms with Crippen LogP contribution in [-0.4, -0.2) is 18.8 Å². The summed E-state index contributed by atoms with van der Waals surface area (Å²) in [7, 11) is 1.76. The number of halogens is 1. The predicted molar refractivity (Wildman–Crippen MR) is 70.6 cm³/mol. The Bertz CT molecular complexity index is 469. The van der Waals surface area contributed by atoms with Crippen LogP contribution in [0.1, 0.15) is 43.7 Å². The number of fused-ring (bicyclic) bond motifs is 1. The number of hydrogen-bond donors (Lipinski definition) is 1. The van der Waals surface area contributed by atoms with Crippen LogP contribution in [0.5, 0.6) is 5.75 Å². The number of rotatable bonds is 1. The van der Waals surface area contributed by atoms with Crippen LogP contribution >= 0.6 is 0 Å². The number of nitrogens with two attached hydrogens (primary N) is 1. The second kappa shape index (κ2) is 4.76.